The molecule has 1 saturated heterocycles. The van der Waals surface area contributed by atoms with E-state index in [9.17, 15) is 9.90 Å². The van der Waals surface area contributed by atoms with Gasteiger partial charge in [0.15, 0.2) is 5.78 Å². The number of ether oxygens (including phenoxy) is 1. The van der Waals surface area contributed by atoms with Gasteiger partial charge in [-0.1, -0.05) is 25.1 Å². The molecule has 1 aromatic heterocycles. The average Bonchev–Trinajstić information content (AvgIpc) is 3.33. The summed E-state index contributed by atoms with van der Waals surface area (Å²) in [6, 6.07) is 16.7. The Balaban J connectivity index is 1.52. The summed E-state index contributed by atoms with van der Waals surface area (Å²) in [6.45, 7) is 5.61. The number of aromatic nitrogens is 1. The number of rotatable bonds is 8. The third-order valence-electron chi connectivity index (χ3n) is 5.72. The lowest BCUT2D eigenvalue weighted by Gasteiger charge is -2.17. The Morgan fingerprint density at radius 2 is 1.71 bits per heavy atom. The molecule has 31 heavy (non-hydrogen) atoms. The van der Waals surface area contributed by atoms with Crippen LogP contribution >= 0.6 is 0 Å². The van der Waals surface area contributed by atoms with Crippen LogP contribution in [0.25, 0.3) is 22.4 Å². The van der Waals surface area contributed by atoms with E-state index in [4.69, 9.17) is 4.74 Å². The number of phenolic OH excluding ortho intramolecular Hbond substituents is 1. The summed E-state index contributed by atoms with van der Waals surface area (Å²) >= 11 is 0. The molecule has 0 spiro atoms. The summed E-state index contributed by atoms with van der Waals surface area (Å²) in [5, 5.41) is 9.46. The van der Waals surface area contributed by atoms with Crippen LogP contribution in [0.2, 0.25) is 0 Å². The molecule has 0 unspecified atom stereocenters. The summed E-state index contributed by atoms with van der Waals surface area (Å²) in [7, 11) is 0. The molecule has 2 heterocycles. The van der Waals surface area contributed by atoms with E-state index < -0.39 is 0 Å². The van der Waals surface area contributed by atoms with Gasteiger partial charge in [0, 0.05) is 30.3 Å². The molecule has 0 saturated carbocycles. The van der Waals surface area contributed by atoms with E-state index in [0.717, 1.165) is 42.0 Å². The largest absolute Gasteiger partial charge is 0.508 e. The van der Waals surface area contributed by atoms with E-state index >= 15 is 0 Å². The Hall–Kier alpha value is -3.18. The molecule has 2 aromatic carbocycles. The van der Waals surface area contributed by atoms with Crippen molar-refractivity contribution in [2.45, 2.75) is 26.2 Å². The molecule has 0 radical (unpaired) electrons. The first-order valence-corrected chi connectivity index (χ1v) is 10.9. The smallest absolute Gasteiger partial charge is 0.166 e. The van der Waals surface area contributed by atoms with Crippen molar-refractivity contribution in [2.24, 2.45) is 0 Å². The van der Waals surface area contributed by atoms with Crippen LogP contribution in [0.15, 0.2) is 60.8 Å². The Labute approximate surface area is 183 Å². The van der Waals surface area contributed by atoms with Crippen LogP contribution in [-0.4, -0.2) is 47.0 Å². The van der Waals surface area contributed by atoms with Crippen LogP contribution in [0, 0.1) is 0 Å². The summed E-state index contributed by atoms with van der Waals surface area (Å²) < 4.78 is 6.00. The fraction of sp³-hybridized carbons (Fsp3) is 0.308. The van der Waals surface area contributed by atoms with E-state index in [1.54, 1.807) is 12.1 Å². The number of likely N-dealkylation sites (tertiary alicyclic amines) is 1. The summed E-state index contributed by atoms with van der Waals surface area (Å²) in [6.07, 6.45) is 4.75. The van der Waals surface area contributed by atoms with Gasteiger partial charge >= 0.3 is 0 Å². The van der Waals surface area contributed by atoms with Crippen molar-refractivity contribution in [3.05, 3.63) is 66.4 Å². The summed E-state index contributed by atoms with van der Waals surface area (Å²) in [4.78, 5) is 19.6. The van der Waals surface area contributed by atoms with E-state index in [-0.39, 0.29) is 11.5 Å². The summed E-state index contributed by atoms with van der Waals surface area (Å²) in [5.74, 6) is 0.957. The van der Waals surface area contributed by atoms with Crippen molar-refractivity contribution in [2.75, 3.05) is 26.2 Å². The van der Waals surface area contributed by atoms with Crippen molar-refractivity contribution in [1.82, 2.24) is 9.88 Å². The number of ketones is 1. The molecule has 0 atom stereocenters. The number of carbonyl (C=O) groups is 1. The third-order valence-corrected chi connectivity index (χ3v) is 5.72. The van der Waals surface area contributed by atoms with Crippen molar-refractivity contribution in [3.63, 3.8) is 0 Å². The fourth-order valence-electron chi connectivity index (χ4n) is 3.90. The molecule has 3 aromatic rings. The minimum Gasteiger partial charge on any atom is -0.508 e. The third kappa shape index (κ3) is 5.12. The zero-order chi connectivity index (χ0) is 21.6. The monoisotopic (exact) mass is 416 g/mol. The topological polar surface area (TPSA) is 62.7 Å². The first kappa shape index (κ1) is 21.1. The Morgan fingerprint density at radius 3 is 2.39 bits per heavy atom. The highest BCUT2D eigenvalue weighted by molar-refractivity contribution is 5.99. The van der Waals surface area contributed by atoms with Gasteiger partial charge in [-0.25, -0.2) is 0 Å². The van der Waals surface area contributed by atoms with Gasteiger partial charge in [0.1, 0.15) is 18.1 Å². The van der Waals surface area contributed by atoms with E-state index in [2.05, 4.69) is 9.88 Å². The maximum Gasteiger partial charge on any atom is 0.166 e. The first-order chi connectivity index (χ1) is 15.1. The number of hydrogen-bond acceptors (Lipinski definition) is 5. The van der Waals surface area contributed by atoms with E-state index in [1.165, 1.54) is 12.8 Å². The molecule has 5 heteroatoms. The number of phenols is 1. The molecular weight excluding hydrogens is 388 g/mol. The Kier molecular flexibility index (Phi) is 6.63. The number of pyridine rings is 1. The van der Waals surface area contributed by atoms with E-state index in [0.29, 0.717) is 24.3 Å². The molecule has 1 aliphatic heterocycles. The molecule has 0 aliphatic carbocycles. The maximum atomic E-state index is 12.6. The van der Waals surface area contributed by atoms with Gasteiger partial charge < -0.3 is 9.84 Å². The predicted octanol–water partition coefficient (Wildman–Crippen LogP) is 5.19. The molecule has 1 fully saturated rings. The second-order valence-electron chi connectivity index (χ2n) is 7.86. The van der Waals surface area contributed by atoms with Crippen LogP contribution in [0.3, 0.4) is 0 Å². The highest BCUT2D eigenvalue weighted by Crippen LogP contribution is 2.29. The molecule has 0 bridgehead atoms. The van der Waals surface area contributed by atoms with Gasteiger partial charge in [0.05, 0.1) is 11.3 Å². The van der Waals surface area contributed by atoms with Crippen LogP contribution in [0.1, 0.15) is 36.5 Å². The minimum atomic E-state index is 0.0683. The number of nitrogens with zero attached hydrogens (tertiary/aromatic N) is 2. The normalized spacial score (nSPS) is 14.0. The highest BCUT2D eigenvalue weighted by Gasteiger charge is 2.15. The van der Waals surface area contributed by atoms with Crippen molar-refractivity contribution in [1.29, 1.82) is 0 Å². The average molecular weight is 417 g/mol. The quantitative estimate of drug-likeness (QED) is 0.512. The second kappa shape index (κ2) is 9.75. The molecule has 1 aliphatic rings. The number of aromatic hydroxyl groups is 1. The molecule has 1 N–H and O–H groups in total. The van der Waals surface area contributed by atoms with Gasteiger partial charge in [0.25, 0.3) is 0 Å². The fourth-order valence-corrected chi connectivity index (χ4v) is 3.90. The van der Waals surface area contributed by atoms with Gasteiger partial charge in [-0.3, -0.25) is 14.7 Å². The molecule has 0 amide bonds. The highest BCUT2D eigenvalue weighted by atomic mass is 16.5. The second-order valence-corrected chi connectivity index (χ2v) is 7.86. The number of carbonyl (C=O) groups excluding carboxylic acids is 1. The van der Waals surface area contributed by atoms with Crippen LogP contribution in [0.5, 0.6) is 11.5 Å². The number of hydrogen-bond donors (Lipinski definition) is 1. The van der Waals surface area contributed by atoms with Crippen molar-refractivity contribution < 1.29 is 14.6 Å². The minimum absolute atomic E-state index is 0.0683. The molecule has 4 rings (SSSR count). The van der Waals surface area contributed by atoms with E-state index in [1.807, 2.05) is 55.6 Å². The Bertz CT molecular complexity index is 1020. The zero-order valence-electron chi connectivity index (χ0n) is 17.9. The first-order valence-electron chi connectivity index (χ1n) is 10.9. The van der Waals surface area contributed by atoms with Crippen LogP contribution in [-0.2, 0) is 0 Å². The van der Waals surface area contributed by atoms with Gasteiger partial charge in [0.2, 0.25) is 0 Å². The van der Waals surface area contributed by atoms with Gasteiger partial charge in [-0.15, -0.1) is 0 Å². The van der Waals surface area contributed by atoms with Gasteiger partial charge in [-0.2, -0.15) is 0 Å². The van der Waals surface area contributed by atoms with Crippen molar-refractivity contribution in [3.8, 4) is 33.9 Å². The predicted molar refractivity (Wildman–Crippen MR) is 123 cm³/mol. The SMILES string of the molecule is CCC(=O)c1cc(-c2ccc(-c3ccc(O)cc3)cn2)ccc1OCCN1CCCC1. The van der Waals surface area contributed by atoms with Crippen LogP contribution in [0.4, 0.5) is 0 Å². The lowest BCUT2D eigenvalue weighted by Crippen LogP contribution is -2.25. The molecule has 5 nitrogen and oxygen atoms in total. The molecular formula is C26H28N2O3. The standard InChI is InChI=1S/C26H28N2O3/c1-2-25(30)23-17-20(8-12-26(23)31-16-15-28-13-3-4-14-28)24-11-7-21(18-27-24)19-5-9-22(29)10-6-19/h5-12,17-18,29H,2-4,13-16H2,1H3. The Morgan fingerprint density at radius 1 is 1.00 bits per heavy atom. The van der Waals surface area contributed by atoms with Crippen LogP contribution < -0.4 is 4.74 Å². The molecule has 160 valence electrons. The van der Waals surface area contributed by atoms with Gasteiger partial charge in [-0.05, 0) is 67.9 Å². The summed E-state index contributed by atoms with van der Waals surface area (Å²) in [5.41, 5.74) is 4.26. The van der Waals surface area contributed by atoms with Crippen molar-refractivity contribution >= 4 is 5.78 Å². The zero-order valence-corrected chi connectivity index (χ0v) is 17.9. The lowest BCUT2D eigenvalue weighted by molar-refractivity contribution is 0.0983. The number of benzene rings is 2. The maximum absolute atomic E-state index is 12.6. The number of Topliss-reactive ketones (excluding diaryl/α,β-unsaturated/α-hetero) is 1. The lowest BCUT2D eigenvalue weighted by atomic mass is 10.0.